The zero-order valence-electron chi connectivity index (χ0n) is 9.54. The summed E-state index contributed by atoms with van der Waals surface area (Å²) in [4.78, 5) is 15.7. The molecule has 0 aliphatic heterocycles. The number of hydrogen-bond donors (Lipinski definition) is 1. The van der Waals surface area contributed by atoms with E-state index in [9.17, 15) is 4.79 Å². The molecule has 1 rings (SSSR count). The van der Waals surface area contributed by atoms with Gasteiger partial charge in [-0.25, -0.2) is 0 Å². The normalized spacial score (nSPS) is 10.7. The van der Waals surface area contributed by atoms with Crippen LogP contribution in [0.2, 0.25) is 0 Å². The highest BCUT2D eigenvalue weighted by Gasteiger charge is 2.06. The molecule has 0 aliphatic rings. The molecule has 4 heteroatoms. The van der Waals surface area contributed by atoms with Crippen LogP contribution in [0.5, 0.6) is 0 Å². The molecule has 0 aromatic carbocycles. The van der Waals surface area contributed by atoms with Gasteiger partial charge in [-0.05, 0) is 46.1 Å². The van der Waals surface area contributed by atoms with Crippen LogP contribution in [-0.2, 0) is 0 Å². The van der Waals surface area contributed by atoms with Gasteiger partial charge in [-0.15, -0.1) is 11.3 Å². The van der Waals surface area contributed by atoms with E-state index in [1.807, 2.05) is 33.2 Å². The van der Waals surface area contributed by atoms with Gasteiger partial charge in [-0.3, -0.25) is 4.79 Å². The molecule has 0 aliphatic carbocycles. The second-order valence-electron chi connectivity index (χ2n) is 3.82. The maximum atomic E-state index is 11.6. The summed E-state index contributed by atoms with van der Waals surface area (Å²) < 4.78 is 0. The molecule has 1 heterocycles. The topological polar surface area (TPSA) is 32.3 Å². The smallest absolute Gasteiger partial charge is 0.261 e. The Morgan fingerprint density at radius 2 is 2.20 bits per heavy atom. The number of rotatable bonds is 5. The fourth-order valence-corrected chi connectivity index (χ4v) is 2.02. The van der Waals surface area contributed by atoms with E-state index in [0.29, 0.717) is 0 Å². The van der Waals surface area contributed by atoms with Crippen LogP contribution in [0.25, 0.3) is 0 Å². The summed E-state index contributed by atoms with van der Waals surface area (Å²) in [5.74, 6) is 0.0480. The minimum atomic E-state index is 0.0480. The van der Waals surface area contributed by atoms with Crippen molar-refractivity contribution >= 4 is 17.2 Å². The molecule has 0 radical (unpaired) electrons. The molecular weight excluding hydrogens is 208 g/mol. The summed E-state index contributed by atoms with van der Waals surface area (Å²) in [6, 6.07) is 3.85. The van der Waals surface area contributed by atoms with Gasteiger partial charge in [0.15, 0.2) is 0 Å². The van der Waals surface area contributed by atoms with Crippen LogP contribution in [0, 0.1) is 6.92 Å². The van der Waals surface area contributed by atoms with E-state index in [2.05, 4.69) is 10.2 Å². The van der Waals surface area contributed by atoms with Crippen molar-refractivity contribution in [3.63, 3.8) is 0 Å². The van der Waals surface area contributed by atoms with Crippen molar-refractivity contribution in [2.75, 3.05) is 27.2 Å². The van der Waals surface area contributed by atoms with Crippen molar-refractivity contribution in [1.82, 2.24) is 10.2 Å². The van der Waals surface area contributed by atoms with Crippen LogP contribution in [0.15, 0.2) is 12.1 Å². The number of aryl methyl sites for hydroxylation is 1. The Morgan fingerprint density at radius 3 is 2.73 bits per heavy atom. The lowest BCUT2D eigenvalue weighted by Gasteiger charge is -2.09. The number of nitrogens with one attached hydrogen (secondary N) is 1. The first-order valence-corrected chi connectivity index (χ1v) is 5.90. The van der Waals surface area contributed by atoms with Gasteiger partial charge in [-0.2, -0.15) is 0 Å². The van der Waals surface area contributed by atoms with Crippen molar-refractivity contribution in [1.29, 1.82) is 0 Å². The number of carbonyl (C=O) groups excluding carboxylic acids is 1. The van der Waals surface area contributed by atoms with Gasteiger partial charge in [-0.1, -0.05) is 0 Å². The highest BCUT2D eigenvalue weighted by Crippen LogP contribution is 2.14. The van der Waals surface area contributed by atoms with E-state index in [-0.39, 0.29) is 5.91 Å². The van der Waals surface area contributed by atoms with Crippen LogP contribution < -0.4 is 5.32 Å². The number of nitrogens with zero attached hydrogens (tertiary/aromatic N) is 1. The van der Waals surface area contributed by atoms with E-state index in [1.165, 1.54) is 16.2 Å². The molecule has 0 saturated heterocycles. The third kappa shape index (κ3) is 4.44. The second kappa shape index (κ2) is 5.88. The highest BCUT2D eigenvalue weighted by molar-refractivity contribution is 7.13. The van der Waals surface area contributed by atoms with Gasteiger partial charge in [0.05, 0.1) is 4.88 Å². The van der Waals surface area contributed by atoms with Crippen LogP contribution in [0.1, 0.15) is 21.0 Å². The predicted molar refractivity (Wildman–Crippen MR) is 64.6 cm³/mol. The van der Waals surface area contributed by atoms with E-state index < -0.39 is 0 Å². The Kier molecular flexibility index (Phi) is 4.78. The molecule has 84 valence electrons. The molecule has 0 bridgehead atoms. The Hall–Kier alpha value is -0.870. The largest absolute Gasteiger partial charge is 0.351 e. The molecule has 1 N–H and O–H groups in total. The number of hydrogen-bond acceptors (Lipinski definition) is 3. The summed E-state index contributed by atoms with van der Waals surface area (Å²) in [6.45, 7) is 3.76. The van der Waals surface area contributed by atoms with Crippen LogP contribution in [0.3, 0.4) is 0 Å². The Balaban J connectivity index is 2.25. The van der Waals surface area contributed by atoms with Gasteiger partial charge in [0.25, 0.3) is 5.91 Å². The van der Waals surface area contributed by atoms with Gasteiger partial charge in [0.2, 0.25) is 0 Å². The summed E-state index contributed by atoms with van der Waals surface area (Å²) in [5.41, 5.74) is 0. The number of amides is 1. The maximum Gasteiger partial charge on any atom is 0.261 e. The quantitative estimate of drug-likeness (QED) is 0.776. The van der Waals surface area contributed by atoms with Crippen molar-refractivity contribution in [2.24, 2.45) is 0 Å². The zero-order chi connectivity index (χ0) is 11.3. The van der Waals surface area contributed by atoms with E-state index >= 15 is 0 Å². The van der Waals surface area contributed by atoms with Gasteiger partial charge >= 0.3 is 0 Å². The van der Waals surface area contributed by atoms with Crippen LogP contribution in [-0.4, -0.2) is 38.0 Å². The average molecular weight is 226 g/mol. The number of carbonyl (C=O) groups is 1. The Bertz CT molecular complexity index is 320. The second-order valence-corrected chi connectivity index (χ2v) is 5.11. The third-order valence-corrected chi connectivity index (χ3v) is 3.03. The van der Waals surface area contributed by atoms with Crippen molar-refractivity contribution in [3.8, 4) is 0 Å². The standard InChI is InChI=1S/C11H18N2OS/c1-9-5-6-10(15-9)11(14)12-7-4-8-13(2)3/h5-6H,4,7-8H2,1-3H3,(H,12,14). The van der Waals surface area contributed by atoms with Crippen molar-refractivity contribution in [2.45, 2.75) is 13.3 Å². The highest BCUT2D eigenvalue weighted by atomic mass is 32.1. The summed E-state index contributed by atoms with van der Waals surface area (Å²) >= 11 is 1.54. The minimum absolute atomic E-state index is 0.0480. The average Bonchev–Trinajstić information content (AvgIpc) is 2.59. The monoisotopic (exact) mass is 226 g/mol. The first-order valence-electron chi connectivity index (χ1n) is 5.09. The lowest BCUT2D eigenvalue weighted by Crippen LogP contribution is -2.26. The summed E-state index contributed by atoms with van der Waals surface area (Å²) in [5, 5.41) is 2.91. The minimum Gasteiger partial charge on any atom is -0.351 e. The molecule has 1 aromatic rings. The first kappa shape index (κ1) is 12.2. The molecule has 15 heavy (non-hydrogen) atoms. The van der Waals surface area contributed by atoms with Crippen molar-refractivity contribution in [3.05, 3.63) is 21.9 Å². The van der Waals surface area contributed by atoms with Gasteiger partial charge in [0.1, 0.15) is 0 Å². The SMILES string of the molecule is Cc1ccc(C(=O)NCCCN(C)C)s1. The van der Waals surface area contributed by atoms with Gasteiger partial charge < -0.3 is 10.2 Å². The Morgan fingerprint density at radius 1 is 1.47 bits per heavy atom. The van der Waals surface area contributed by atoms with E-state index in [4.69, 9.17) is 0 Å². The molecule has 1 aromatic heterocycles. The number of thiophene rings is 1. The molecule has 0 fully saturated rings. The van der Waals surface area contributed by atoms with Crippen molar-refractivity contribution < 1.29 is 4.79 Å². The fourth-order valence-electron chi connectivity index (χ4n) is 1.24. The lowest BCUT2D eigenvalue weighted by molar-refractivity contribution is 0.0956. The summed E-state index contributed by atoms with van der Waals surface area (Å²) in [7, 11) is 4.06. The van der Waals surface area contributed by atoms with Crippen LogP contribution >= 0.6 is 11.3 Å². The van der Waals surface area contributed by atoms with E-state index in [0.717, 1.165) is 24.4 Å². The molecule has 0 unspecified atom stereocenters. The Labute approximate surface area is 95.1 Å². The van der Waals surface area contributed by atoms with Crippen LogP contribution in [0.4, 0.5) is 0 Å². The fraction of sp³-hybridized carbons (Fsp3) is 0.545. The maximum absolute atomic E-state index is 11.6. The zero-order valence-corrected chi connectivity index (χ0v) is 10.4. The van der Waals surface area contributed by atoms with Gasteiger partial charge in [0, 0.05) is 11.4 Å². The third-order valence-electron chi connectivity index (χ3n) is 2.03. The molecule has 3 nitrogen and oxygen atoms in total. The molecular formula is C11H18N2OS. The lowest BCUT2D eigenvalue weighted by atomic mass is 10.3. The molecule has 0 saturated carbocycles. The molecule has 0 spiro atoms. The predicted octanol–water partition coefficient (Wildman–Crippen LogP) is 1.74. The molecule has 0 atom stereocenters. The summed E-state index contributed by atoms with van der Waals surface area (Å²) in [6.07, 6.45) is 0.989. The van der Waals surface area contributed by atoms with E-state index in [1.54, 1.807) is 0 Å². The first-order chi connectivity index (χ1) is 7.09. The molecule has 1 amide bonds.